The summed E-state index contributed by atoms with van der Waals surface area (Å²) in [6.45, 7) is -3.67. The molecule has 0 unspecified atom stereocenters. The minimum atomic E-state index is -3.67. The van der Waals surface area contributed by atoms with Gasteiger partial charge in [0.2, 0.25) is 0 Å². The Labute approximate surface area is 68.5 Å². The summed E-state index contributed by atoms with van der Waals surface area (Å²) in [5.74, 6) is 0. The maximum absolute atomic E-state index is 9.67. The van der Waals surface area contributed by atoms with Crippen molar-refractivity contribution in [1.82, 2.24) is 0 Å². The topological polar surface area (TPSA) is 0 Å². The molecule has 0 heterocycles. The fraction of sp³-hybridized carbons (Fsp3) is 0.143. The summed E-state index contributed by atoms with van der Waals surface area (Å²) in [7, 11) is 0. The van der Waals surface area contributed by atoms with Crippen LogP contribution >= 0.6 is 12.6 Å². The Morgan fingerprint density at radius 2 is 1.36 bits per heavy atom. The Bertz CT molecular complexity index is 174. The van der Waals surface area contributed by atoms with Crippen LogP contribution in [0.4, 0.5) is 13.2 Å². The first-order chi connectivity index (χ1) is 5.13. The zero-order chi connectivity index (χ0) is 8.69. The van der Waals surface area contributed by atoms with Gasteiger partial charge in [-0.25, -0.2) is 0 Å². The van der Waals surface area contributed by atoms with E-state index in [1.165, 1.54) is 0 Å². The van der Waals surface area contributed by atoms with E-state index in [0.717, 1.165) is 4.90 Å². The Hall–Kier alpha value is -0.640. The van der Waals surface area contributed by atoms with E-state index in [0.29, 0.717) is 0 Å². The smallest absolute Gasteiger partial charge is 0.174 e. The minimum Gasteiger partial charge on any atom is -0.174 e. The summed E-state index contributed by atoms with van der Waals surface area (Å²) in [5.41, 5.74) is 0. The quantitative estimate of drug-likeness (QED) is 0.582. The van der Waals surface area contributed by atoms with Crippen LogP contribution < -0.4 is 0 Å². The van der Waals surface area contributed by atoms with Gasteiger partial charge in [-0.2, -0.15) is 13.2 Å². The van der Waals surface area contributed by atoms with Crippen molar-refractivity contribution in [3.8, 4) is 0 Å². The van der Waals surface area contributed by atoms with Crippen molar-refractivity contribution in [3.63, 3.8) is 0 Å². The lowest BCUT2D eigenvalue weighted by molar-refractivity contribution is 0.00819. The Balaban J connectivity index is 0.000000218. The monoisotopic (exact) mass is 180 g/mol. The number of rotatable bonds is 0. The van der Waals surface area contributed by atoms with E-state index in [2.05, 4.69) is 12.6 Å². The third-order valence-corrected chi connectivity index (χ3v) is 1.05. The van der Waals surface area contributed by atoms with E-state index in [4.69, 9.17) is 0 Å². The van der Waals surface area contributed by atoms with Crippen molar-refractivity contribution in [2.45, 2.75) is 11.6 Å². The molecule has 0 aromatic heterocycles. The van der Waals surface area contributed by atoms with Crippen molar-refractivity contribution in [2.75, 3.05) is 0 Å². The standard InChI is InChI=1S/C6H6S.CHF3/c7-6-4-2-1-3-5-6;2-1(3)4/h1-5,7H;1H. The van der Waals surface area contributed by atoms with Gasteiger partial charge in [-0.05, 0) is 12.1 Å². The molecular weight excluding hydrogens is 173 g/mol. The molecule has 0 saturated heterocycles. The SMILES string of the molecule is FC(F)F.Sc1ccccc1. The van der Waals surface area contributed by atoms with Crippen LogP contribution in [0.15, 0.2) is 35.2 Å². The second-order valence-electron chi connectivity index (χ2n) is 1.58. The Morgan fingerprint density at radius 3 is 1.55 bits per heavy atom. The molecule has 1 rings (SSSR count). The molecule has 0 amide bonds. The average molecular weight is 180 g/mol. The molecule has 1 aromatic rings. The van der Waals surface area contributed by atoms with Gasteiger partial charge >= 0.3 is 6.68 Å². The first kappa shape index (κ1) is 10.4. The van der Waals surface area contributed by atoms with Crippen LogP contribution in [0.2, 0.25) is 0 Å². The normalized spacial score (nSPS) is 8.82. The van der Waals surface area contributed by atoms with Gasteiger partial charge in [0.05, 0.1) is 0 Å². The summed E-state index contributed by atoms with van der Waals surface area (Å²) in [4.78, 5) is 1.02. The van der Waals surface area contributed by atoms with Crippen molar-refractivity contribution in [2.24, 2.45) is 0 Å². The highest BCUT2D eigenvalue weighted by atomic mass is 32.1. The molecule has 0 aliphatic carbocycles. The summed E-state index contributed by atoms with van der Waals surface area (Å²) >= 11 is 4.08. The number of hydrogen-bond donors (Lipinski definition) is 1. The predicted molar refractivity (Wildman–Crippen MR) is 40.8 cm³/mol. The molecule has 0 spiro atoms. The molecule has 4 heteroatoms. The van der Waals surface area contributed by atoms with E-state index in [9.17, 15) is 13.2 Å². The van der Waals surface area contributed by atoms with E-state index < -0.39 is 6.68 Å². The largest absolute Gasteiger partial charge is 0.379 e. The van der Waals surface area contributed by atoms with E-state index in [-0.39, 0.29) is 0 Å². The van der Waals surface area contributed by atoms with Crippen molar-refractivity contribution in [1.29, 1.82) is 0 Å². The van der Waals surface area contributed by atoms with Gasteiger partial charge in [-0.3, -0.25) is 0 Å². The predicted octanol–water partition coefficient (Wildman–Crippen LogP) is 3.15. The fourth-order valence-corrected chi connectivity index (χ4v) is 0.600. The third kappa shape index (κ3) is 9.36. The highest BCUT2D eigenvalue weighted by molar-refractivity contribution is 7.80. The van der Waals surface area contributed by atoms with Gasteiger partial charge in [-0.1, -0.05) is 18.2 Å². The molecule has 0 aliphatic heterocycles. The number of alkyl halides is 3. The van der Waals surface area contributed by atoms with Gasteiger partial charge in [0, 0.05) is 4.90 Å². The second kappa shape index (κ2) is 6.09. The molecule has 0 N–H and O–H groups in total. The highest BCUT2D eigenvalue weighted by Crippen LogP contribution is 2.00. The lowest BCUT2D eigenvalue weighted by Crippen LogP contribution is -1.65. The van der Waals surface area contributed by atoms with Crippen LogP contribution in [0, 0.1) is 0 Å². The van der Waals surface area contributed by atoms with Gasteiger partial charge in [0.15, 0.2) is 0 Å². The molecule has 0 nitrogen and oxygen atoms in total. The van der Waals surface area contributed by atoms with Gasteiger partial charge < -0.3 is 0 Å². The molecule has 62 valence electrons. The van der Waals surface area contributed by atoms with Gasteiger partial charge in [0.25, 0.3) is 0 Å². The lowest BCUT2D eigenvalue weighted by Gasteiger charge is -1.81. The van der Waals surface area contributed by atoms with Crippen molar-refractivity contribution < 1.29 is 13.2 Å². The maximum atomic E-state index is 9.67. The first-order valence-electron chi connectivity index (χ1n) is 2.79. The third-order valence-electron chi connectivity index (χ3n) is 0.756. The van der Waals surface area contributed by atoms with Crippen LogP contribution in [-0.2, 0) is 0 Å². The highest BCUT2D eigenvalue weighted by Gasteiger charge is 1.86. The minimum absolute atomic E-state index is 1.02. The molecule has 0 fully saturated rings. The number of hydrogen-bond acceptors (Lipinski definition) is 1. The number of halogens is 3. The van der Waals surface area contributed by atoms with Crippen molar-refractivity contribution >= 4 is 12.6 Å². The second-order valence-corrected chi connectivity index (χ2v) is 2.10. The molecule has 0 aliphatic rings. The zero-order valence-electron chi connectivity index (χ0n) is 5.55. The fourth-order valence-electron chi connectivity index (χ4n) is 0.428. The van der Waals surface area contributed by atoms with E-state index >= 15 is 0 Å². The van der Waals surface area contributed by atoms with Gasteiger partial charge in [-0.15, -0.1) is 12.6 Å². The summed E-state index contributed by atoms with van der Waals surface area (Å²) < 4.78 is 29.0. The lowest BCUT2D eigenvalue weighted by atomic mass is 10.4. The molecule has 11 heavy (non-hydrogen) atoms. The number of thiol groups is 1. The van der Waals surface area contributed by atoms with Crippen LogP contribution in [-0.4, -0.2) is 6.68 Å². The summed E-state index contributed by atoms with van der Waals surface area (Å²) in [6.07, 6.45) is 0. The van der Waals surface area contributed by atoms with Gasteiger partial charge in [0.1, 0.15) is 0 Å². The maximum Gasteiger partial charge on any atom is 0.379 e. The van der Waals surface area contributed by atoms with Crippen LogP contribution in [0.3, 0.4) is 0 Å². The van der Waals surface area contributed by atoms with E-state index in [1.807, 2.05) is 30.3 Å². The molecular formula is C7H7F3S. The zero-order valence-corrected chi connectivity index (χ0v) is 6.44. The molecule has 1 aromatic carbocycles. The number of benzene rings is 1. The molecule has 0 atom stereocenters. The summed E-state index contributed by atoms with van der Waals surface area (Å²) in [6, 6.07) is 9.79. The summed E-state index contributed by atoms with van der Waals surface area (Å²) in [5, 5.41) is 0. The van der Waals surface area contributed by atoms with E-state index in [1.54, 1.807) is 0 Å². The molecule has 0 bridgehead atoms. The first-order valence-corrected chi connectivity index (χ1v) is 3.24. The average Bonchev–Trinajstić information content (AvgIpc) is 1.87. The van der Waals surface area contributed by atoms with Crippen LogP contribution in [0.1, 0.15) is 0 Å². The Kier molecular flexibility index (Phi) is 5.74. The molecule has 0 saturated carbocycles. The van der Waals surface area contributed by atoms with Crippen molar-refractivity contribution in [3.05, 3.63) is 30.3 Å². The molecule has 0 radical (unpaired) electrons. The van der Waals surface area contributed by atoms with Crippen LogP contribution in [0.25, 0.3) is 0 Å². The Morgan fingerprint density at radius 1 is 1.00 bits per heavy atom. The van der Waals surface area contributed by atoms with Crippen LogP contribution in [0.5, 0.6) is 0 Å².